The van der Waals surface area contributed by atoms with Crippen molar-refractivity contribution in [2.75, 3.05) is 6.61 Å². The lowest BCUT2D eigenvalue weighted by atomic mass is 10.5. The molecule has 1 heterocycles. The summed E-state index contributed by atoms with van der Waals surface area (Å²) in [5.74, 6) is 0. The lowest BCUT2D eigenvalue weighted by molar-refractivity contribution is 0.182. The van der Waals surface area contributed by atoms with Gasteiger partial charge in [-0.1, -0.05) is 0 Å². The highest BCUT2D eigenvalue weighted by atomic mass is 16.3. The van der Waals surface area contributed by atoms with Gasteiger partial charge in [-0.2, -0.15) is 0 Å². The second-order valence-corrected chi connectivity index (χ2v) is 1.63. The summed E-state index contributed by atoms with van der Waals surface area (Å²) in [7, 11) is 0. The summed E-state index contributed by atoms with van der Waals surface area (Å²) in [5, 5.41) is 20.3. The van der Waals surface area contributed by atoms with Gasteiger partial charge < -0.3 is 0 Å². The third kappa shape index (κ3) is 1.77. The molecule has 0 spiro atoms. The Balaban J connectivity index is 2.30. The van der Waals surface area contributed by atoms with E-state index in [1.54, 1.807) is 0 Å². The van der Waals surface area contributed by atoms with E-state index in [0.29, 0.717) is 13.0 Å². The van der Waals surface area contributed by atoms with Crippen LogP contribution in [0.5, 0.6) is 0 Å². The molecule has 9 heavy (non-hydrogen) atoms. The lowest BCUT2D eigenvalue weighted by Gasteiger charge is -1.91. The molecule has 0 aliphatic heterocycles. The van der Waals surface area contributed by atoms with Crippen LogP contribution >= 0.6 is 0 Å². The van der Waals surface area contributed by atoms with E-state index in [2.05, 4.69) is 15.5 Å². The van der Waals surface area contributed by atoms with Gasteiger partial charge in [-0.25, -0.2) is 9.79 Å². The van der Waals surface area contributed by atoms with E-state index < -0.39 is 0 Å². The van der Waals surface area contributed by atoms with Crippen molar-refractivity contribution in [3.05, 3.63) is 6.33 Å². The molecule has 0 aliphatic rings. The minimum Gasteiger partial charge on any atom is -0.237 e. The van der Waals surface area contributed by atoms with E-state index in [1.165, 1.54) is 11.0 Å². The van der Waals surface area contributed by atoms with Crippen molar-refractivity contribution in [1.82, 2.24) is 20.2 Å². The fraction of sp³-hybridized carbons (Fsp3) is 0.750. The maximum Gasteiger partial charge on any atom is 0.138 e. The van der Waals surface area contributed by atoms with Crippen molar-refractivity contribution in [2.24, 2.45) is 0 Å². The molecular formula is C4H7N4O. The summed E-state index contributed by atoms with van der Waals surface area (Å²) < 4.78 is 1.54. The van der Waals surface area contributed by atoms with Crippen molar-refractivity contribution >= 4 is 0 Å². The van der Waals surface area contributed by atoms with Crippen LogP contribution in [0.25, 0.3) is 0 Å². The van der Waals surface area contributed by atoms with Gasteiger partial charge in [0.2, 0.25) is 0 Å². The molecule has 1 rings (SSSR count). The average Bonchev–Trinajstić information content (AvgIpc) is 2.34. The number of hydrogen-bond acceptors (Lipinski definition) is 3. The highest BCUT2D eigenvalue weighted by Gasteiger charge is 1.89. The van der Waals surface area contributed by atoms with Gasteiger partial charge in [-0.15, -0.1) is 5.10 Å². The Morgan fingerprint density at radius 3 is 3.00 bits per heavy atom. The third-order valence-electron chi connectivity index (χ3n) is 0.923. The Kier molecular flexibility index (Phi) is 2.14. The van der Waals surface area contributed by atoms with Crippen LogP contribution in [0, 0.1) is 0 Å². The molecule has 5 nitrogen and oxygen atoms in total. The van der Waals surface area contributed by atoms with E-state index in [1.807, 2.05) is 0 Å². The van der Waals surface area contributed by atoms with E-state index >= 15 is 0 Å². The van der Waals surface area contributed by atoms with Gasteiger partial charge in [0, 0.05) is 6.54 Å². The summed E-state index contributed by atoms with van der Waals surface area (Å²) in [6.45, 7) is 0.552. The van der Waals surface area contributed by atoms with E-state index in [4.69, 9.17) is 0 Å². The lowest BCUT2D eigenvalue weighted by Crippen LogP contribution is -1.99. The first-order chi connectivity index (χ1) is 4.43. The predicted octanol–water partition coefficient (Wildman–Crippen LogP) is -0.506. The predicted molar refractivity (Wildman–Crippen MR) is 28.0 cm³/mol. The topological polar surface area (TPSA) is 63.5 Å². The maximum absolute atomic E-state index is 9.94. The summed E-state index contributed by atoms with van der Waals surface area (Å²) >= 11 is 0. The summed E-state index contributed by atoms with van der Waals surface area (Å²) in [4.78, 5) is 0. The number of nitrogens with zero attached hydrogens (tertiary/aromatic N) is 4. The Hall–Kier alpha value is -0.970. The van der Waals surface area contributed by atoms with Gasteiger partial charge in [0.15, 0.2) is 0 Å². The molecule has 0 saturated heterocycles. The normalized spacial score (nSPS) is 9.89. The van der Waals surface area contributed by atoms with Crippen molar-refractivity contribution < 1.29 is 5.11 Å². The Morgan fingerprint density at radius 2 is 2.44 bits per heavy atom. The molecular weight excluding hydrogens is 120 g/mol. The van der Waals surface area contributed by atoms with Crippen LogP contribution in [0.3, 0.4) is 0 Å². The number of hydrogen-bond donors (Lipinski definition) is 0. The first-order valence-corrected chi connectivity index (χ1v) is 2.72. The molecule has 49 valence electrons. The Bertz CT molecular complexity index is 150. The zero-order valence-electron chi connectivity index (χ0n) is 4.90. The van der Waals surface area contributed by atoms with E-state index in [0.717, 1.165) is 0 Å². The largest absolute Gasteiger partial charge is 0.237 e. The van der Waals surface area contributed by atoms with Crippen LogP contribution in [-0.4, -0.2) is 26.8 Å². The second-order valence-electron chi connectivity index (χ2n) is 1.63. The van der Waals surface area contributed by atoms with Crippen molar-refractivity contribution in [3.8, 4) is 0 Å². The van der Waals surface area contributed by atoms with Crippen LogP contribution in [0.2, 0.25) is 0 Å². The van der Waals surface area contributed by atoms with Gasteiger partial charge in [0.1, 0.15) is 6.33 Å². The van der Waals surface area contributed by atoms with Crippen LogP contribution in [0.4, 0.5) is 0 Å². The summed E-state index contributed by atoms with van der Waals surface area (Å²) in [6, 6.07) is 0. The van der Waals surface area contributed by atoms with Gasteiger partial charge in [-0.05, 0) is 16.8 Å². The molecule has 0 aromatic carbocycles. The van der Waals surface area contributed by atoms with E-state index in [9.17, 15) is 5.11 Å². The molecule has 0 atom stereocenters. The molecule has 0 unspecified atom stereocenters. The zero-order valence-corrected chi connectivity index (χ0v) is 4.90. The first kappa shape index (κ1) is 6.15. The molecule has 1 aromatic rings. The highest BCUT2D eigenvalue weighted by Crippen LogP contribution is 1.82. The zero-order chi connectivity index (χ0) is 6.53. The van der Waals surface area contributed by atoms with Crippen molar-refractivity contribution in [3.63, 3.8) is 0 Å². The maximum atomic E-state index is 9.94. The van der Waals surface area contributed by atoms with Crippen molar-refractivity contribution in [2.45, 2.75) is 13.0 Å². The number of rotatable bonds is 3. The SMILES string of the molecule is [O]CCCn1cnnn1. The van der Waals surface area contributed by atoms with Crippen LogP contribution in [0.1, 0.15) is 6.42 Å². The second kappa shape index (κ2) is 3.13. The Labute approximate surface area is 52.3 Å². The summed E-state index contributed by atoms with van der Waals surface area (Å²) in [5.41, 5.74) is 0. The number of aromatic nitrogens is 4. The van der Waals surface area contributed by atoms with Gasteiger partial charge in [0.05, 0.1) is 6.61 Å². The standard InChI is InChI=1S/C4H7N4O/c9-3-1-2-8-4-5-6-7-8/h4H,1-3H2. The molecule has 5 heteroatoms. The average molecular weight is 127 g/mol. The monoisotopic (exact) mass is 127 g/mol. The molecule has 1 aromatic heterocycles. The first-order valence-electron chi connectivity index (χ1n) is 2.72. The number of tetrazole rings is 1. The molecule has 0 saturated carbocycles. The van der Waals surface area contributed by atoms with Crippen LogP contribution in [0.15, 0.2) is 6.33 Å². The molecule has 0 fully saturated rings. The fourth-order valence-corrected chi connectivity index (χ4v) is 0.509. The fourth-order valence-electron chi connectivity index (χ4n) is 0.509. The Morgan fingerprint density at radius 1 is 1.56 bits per heavy atom. The van der Waals surface area contributed by atoms with Crippen molar-refractivity contribution in [1.29, 1.82) is 0 Å². The third-order valence-corrected chi connectivity index (χ3v) is 0.923. The molecule has 1 radical (unpaired) electrons. The van der Waals surface area contributed by atoms with E-state index in [-0.39, 0.29) is 6.61 Å². The van der Waals surface area contributed by atoms with Crippen LogP contribution < -0.4 is 0 Å². The molecule has 0 bridgehead atoms. The number of aryl methyl sites for hydroxylation is 1. The quantitative estimate of drug-likeness (QED) is 0.549. The molecule has 0 aliphatic carbocycles. The van der Waals surface area contributed by atoms with Gasteiger partial charge in [0.25, 0.3) is 0 Å². The summed E-state index contributed by atoms with van der Waals surface area (Å²) in [6.07, 6.45) is 2.08. The molecule has 0 amide bonds. The molecule has 0 N–H and O–H groups in total. The smallest absolute Gasteiger partial charge is 0.138 e. The minimum absolute atomic E-state index is 0.0696. The minimum atomic E-state index is -0.0696. The highest BCUT2D eigenvalue weighted by molar-refractivity contribution is 4.45. The van der Waals surface area contributed by atoms with Gasteiger partial charge >= 0.3 is 0 Å². The van der Waals surface area contributed by atoms with Gasteiger partial charge in [-0.3, -0.25) is 0 Å². The van der Waals surface area contributed by atoms with Crippen LogP contribution in [-0.2, 0) is 11.7 Å².